The largest absolute Gasteiger partial charge is 0.347 e. The summed E-state index contributed by atoms with van der Waals surface area (Å²) in [7, 11) is -3.70. The van der Waals surface area contributed by atoms with E-state index < -0.39 is 62.7 Å². The molecule has 0 aromatic heterocycles. The molecule has 0 aromatic carbocycles. The van der Waals surface area contributed by atoms with Crippen molar-refractivity contribution in [3.05, 3.63) is 0 Å². The van der Waals surface area contributed by atoms with Crippen molar-refractivity contribution >= 4 is 39.6 Å². The van der Waals surface area contributed by atoms with E-state index in [4.69, 9.17) is 0 Å². The number of carbonyl (C=O) groups excluding carboxylic acids is 5. The van der Waals surface area contributed by atoms with Gasteiger partial charge >= 0.3 is 6.03 Å². The van der Waals surface area contributed by atoms with Gasteiger partial charge in [-0.1, -0.05) is 79.6 Å². The molecule has 5 rings (SSSR count). The van der Waals surface area contributed by atoms with Crippen LogP contribution in [0.3, 0.4) is 0 Å². The predicted octanol–water partition coefficient (Wildman–Crippen LogP) is 4.00. The minimum Gasteiger partial charge on any atom is -0.347 e. The van der Waals surface area contributed by atoms with Gasteiger partial charge in [0.15, 0.2) is 0 Å². The highest BCUT2D eigenvalue weighted by Gasteiger charge is 2.70. The summed E-state index contributed by atoms with van der Waals surface area (Å²) in [6.45, 7) is 14.3. The maximum atomic E-state index is 14.9. The van der Waals surface area contributed by atoms with Crippen LogP contribution in [-0.4, -0.2) is 102 Å². The normalized spacial score (nSPS) is 27.0. The van der Waals surface area contributed by atoms with Gasteiger partial charge in [-0.3, -0.25) is 19.2 Å². The Balaban J connectivity index is 1.39. The molecular formula is C39H66N6O7S. The van der Waals surface area contributed by atoms with Gasteiger partial charge in [0.25, 0.3) is 5.91 Å². The van der Waals surface area contributed by atoms with Crippen LogP contribution in [0.2, 0.25) is 0 Å². The van der Waals surface area contributed by atoms with Gasteiger partial charge in [0.1, 0.15) is 12.1 Å². The van der Waals surface area contributed by atoms with Crippen LogP contribution in [-0.2, 0) is 29.2 Å². The Morgan fingerprint density at radius 1 is 0.868 bits per heavy atom. The molecule has 0 unspecified atom stereocenters. The first-order valence-electron chi connectivity index (χ1n) is 20.4. The van der Waals surface area contributed by atoms with E-state index >= 15 is 0 Å². The summed E-state index contributed by atoms with van der Waals surface area (Å²) in [6, 6.07) is -3.58. The van der Waals surface area contributed by atoms with Crippen molar-refractivity contribution in [3.63, 3.8) is 0 Å². The van der Waals surface area contributed by atoms with Crippen molar-refractivity contribution in [1.29, 1.82) is 0 Å². The van der Waals surface area contributed by atoms with E-state index in [-0.39, 0.29) is 41.0 Å². The molecule has 5 amide bonds. The molecule has 1 saturated heterocycles. The average molecular weight is 763 g/mol. The third kappa shape index (κ3) is 9.05. The monoisotopic (exact) mass is 762 g/mol. The van der Waals surface area contributed by atoms with E-state index in [1.165, 1.54) is 4.31 Å². The minimum atomic E-state index is -3.70. The first kappa shape index (κ1) is 41.4. The number of nitrogens with one attached hydrogen (secondary N) is 4. The highest BCUT2D eigenvalue weighted by atomic mass is 32.2. The number of amides is 5. The molecule has 5 fully saturated rings. The zero-order valence-corrected chi connectivity index (χ0v) is 34.0. The first-order chi connectivity index (χ1) is 24.9. The molecule has 1 heterocycles. The number of nitrogens with zero attached hydrogens (tertiary/aromatic N) is 2. The van der Waals surface area contributed by atoms with Gasteiger partial charge in [0, 0.05) is 25.2 Å². The number of piperidine rings is 1. The number of urea groups is 1. The van der Waals surface area contributed by atoms with Crippen LogP contribution in [0.1, 0.15) is 138 Å². The number of rotatable bonds is 16. The number of hydrogen-bond acceptors (Lipinski definition) is 7. The third-order valence-electron chi connectivity index (χ3n) is 13.2. The lowest BCUT2D eigenvalue weighted by molar-refractivity contribution is -0.146. The molecule has 14 heteroatoms. The van der Waals surface area contributed by atoms with Gasteiger partial charge in [-0.25, -0.2) is 13.2 Å². The summed E-state index contributed by atoms with van der Waals surface area (Å²) in [5, 5.41) is 11.8. The number of ketones is 1. The summed E-state index contributed by atoms with van der Waals surface area (Å²) in [5.74, 6) is -2.40. The lowest BCUT2D eigenvalue weighted by Gasteiger charge is -2.44. The van der Waals surface area contributed by atoms with E-state index in [0.717, 1.165) is 64.2 Å². The average Bonchev–Trinajstić information content (AvgIpc) is 3.94. The summed E-state index contributed by atoms with van der Waals surface area (Å²) in [4.78, 5) is 70.9. The fraction of sp³-hybridized carbons (Fsp3) is 0.872. The first-order valence-corrected chi connectivity index (χ1v) is 22.0. The summed E-state index contributed by atoms with van der Waals surface area (Å²) in [5.41, 5.74) is -1.75. The predicted molar refractivity (Wildman–Crippen MR) is 203 cm³/mol. The van der Waals surface area contributed by atoms with Crippen molar-refractivity contribution in [2.24, 2.45) is 22.7 Å². The van der Waals surface area contributed by atoms with E-state index in [1.54, 1.807) is 4.90 Å². The highest BCUT2D eigenvalue weighted by Crippen LogP contribution is 2.65. The molecule has 5 aliphatic rings. The number of hydrogen-bond donors (Lipinski definition) is 4. The Kier molecular flexibility index (Phi) is 12.6. The second-order valence-corrected chi connectivity index (χ2v) is 19.9. The standard InChI is InChI=1S/C39H66N6O7S/c1-8-16-28(31(46)34(48)40-26-17-18-26)41-33(47)30-29-27(37(29,5)6)23-44(30)35(49)32(38(7)19-12-10-13-20-38)42-36(50)43-39(21-14-11-15-22-39)24-53(51,52)45(9-2)25(3)4/h25-30,32H,8-24H2,1-7H3,(H,40,48)(H,41,47)(H2,42,43,50)/t27-,28-,29-,30-,32+/m0/s1. The molecule has 4 aliphatic carbocycles. The smallest absolute Gasteiger partial charge is 0.315 e. The number of carbonyl (C=O) groups is 5. The number of likely N-dealkylation sites (tertiary alicyclic amines) is 1. The second kappa shape index (κ2) is 16.2. The minimum absolute atomic E-state index is 0.00616. The topological polar surface area (TPSA) is 174 Å². The molecule has 0 radical (unpaired) electrons. The number of fused-ring (bicyclic) bond motifs is 1. The van der Waals surface area contributed by atoms with Crippen molar-refractivity contribution in [2.45, 2.75) is 174 Å². The quantitative estimate of drug-likeness (QED) is 0.172. The summed E-state index contributed by atoms with van der Waals surface area (Å²) >= 11 is 0. The number of sulfonamides is 1. The molecular weight excluding hydrogens is 697 g/mol. The van der Waals surface area contributed by atoms with Crippen LogP contribution in [0, 0.1) is 22.7 Å². The van der Waals surface area contributed by atoms with E-state index in [1.807, 2.05) is 34.6 Å². The summed E-state index contributed by atoms with van der Waals surface area (Å²) in [6.07, 6.45) is 10.4. The van der Waals surface area contributed by atoms with E-state index in [9.17, 15) is 32.4 Å². The molecule has 4 saturated carbocycles. The Bertz CT molecular complexity index is 1500. The summed E-state index contributed by atoms with van der Waals surface area (Å²) < 4.78 is 28.9. The SMILES string of the molecule is CCC[C@H](NC(=O)[C@@H]1[C@@H]2[C@H](CN1C(=O)[C@@H](NC(=O)NC1(CS(=O)(=O)N(CC)C(C)C)CCCCC1)C1(C)CCCCC1)C2(C)C)C(=O)C(=O)NC1CC1. The lowest BCUT2D eigenvalue weighted by Crippen LogP contribution is -2.65. The van der Waals surface area contributed by atoms with Gasteiger partial charge in [-0.05, 0) is 81.5 Å². The molecule has 53 heavy (non-hydrogen) atoms. The highest BCUT2D eigenvalue weighted by molar-refractivity contribution is 7.89. The van der Waals surface area contributed by atoms with Crippen LogP contribution in [0.5, 0.6) is 0 Å². The van der Waals surface area contributed by atoms with Gasteiger partial charge in [0.2, 0.25) is 27.6 Å². The van der Waals surface area contributed by atoms with E-state index in [2.05, 4.69) is 35.1 Å². The van der Waals surface area contributed by atoms with Crippen LogP contribution >= 0.6 is 0 Å². The molecule has 4 N–H and O–H groups in total. The Labute approximate surface area is 317 Å². The molecule has 5 atom stereocenters. The molecule has 300 valence electrons. The fourth-order valence-corrected chi connectivity index (χ4v) is 12.1. The molecule has 0 bridgehead atoms. The Morgan fingerprint density at radius 2 is 1.47 bits per heavy atom. The lowest BCUT2D eigenvalue weighted by atomic mass is 9.70. The second-order valence-electron chi connectivity index (χ2n) is 18.0. The van der Waals surface area contributed by atoms with Crippen molar-refractivity contribution < 1.29 is 32.4 Å². The van der Waals surface area contributed by atoms with Gasteiger partial charge in [-0.15, -0.1) is 0 Å². The Hall–Kier alpha value is -2.74. The third-order valence-corrected chi connectivity index (χ3v) is 15.5. The van der Waals surface area contributed by atoms with Crippen LogP contribution in [0.4, 0.5) is 4.79 Å². The van der Waals surface area contributed by atoms with Crippen LogP contribution in [0.15, 0.2) is 0 Å². The Morgan fingerprint density at radius 3 is 2.02 bits per heavy atom. The van der Waals surface area contributed by atoms with Gasteiger partial charge in [0.05, 0.1) is 17.3 Å². The van der Waals surface area contributed by atoms with Crippen LogP contribution in [0.25, 0.3) is 0 Å². The maximum Gasteiger partial charge on any atom is 0.315 e. The van der Waals surface area contributed by atoms with Crippen molar-refractivity contribution in [2.75, 3.05) is 18.8 Å². The van der Waals surface area contributed by atoms with E-state index in [0.29, 0.717) is 38.8 Å². The van der Waals surface area contributed by atoms with Gasteiger partial charge in [-0.2, -0.15) is 4.31 Å². The molecule has 0 aromatic rings. The molecule has 1 aliphatic heterocycles. The number of Topliss-reactive ketones (excluding diaryl/α,β-unsaturated/α-hetero) is 1. The zero-order valence-electron chi connectivity index (χ0n) is 33.2. The van der Waals surface area contributed by atoms with Crippen molar-refractivity contribution in [3.8, 4) is 0 Å². The zero-order chi connectivity index (χ0) is 38.9. The van der Waals surface area contributed by atoms with Crippen molar-refractivity contribution in [1.82, 2.24) is 30.5 Å². The maximum absolute atomic E-state index is 14.9. The molecule has 13 nitrogen and oxygen atoms in total. The molecule has 0 spiro atoms. The van der Waals surface area contributed by atoms with Crippen LogP contribution < -0.4 is 21.3 Å². The van der Waals surface area contributed by atoms with Gasteiger partial charge < -0.3 is 26.2 Å². The fourth-order valence-electron chi connectivity index (χ4n) is 9.88.